The highest BCUT2D eigenvalue weighted by Gasteiger charge is 2.19. The highest BCUT2D eigenvalue weighted by Crippen LogP contribution is 2.36. The Labute approximate surface area is 140 Å². The fourth-order valence-corrected chi connectivity index (χ4v) is 3.06. The maximum atomic E-state index is 13.7. The van der Waals surface area contributed by atoms with Gasteiger partial charge in [-0.1, -0.05) is 54.2 Å². The van der Waals surface area contributed by atoms with Crippen LogP contribution in [0.1, 0.15) is 48.3 Å². The van der Waals surface area contributed by atoms with E-state index >= 15 is 0 Å². The van der Waals surface area contributed by atoms with Crippen molar-refractivity contribution in [3.05, 3.63) is 65.0 Å². The molecule has 0 unspecified atom stereocenters. The summed E-state index contributed by atoms with van der Waals surface area (Å²) < 4.78 is 13.7. The first-order chi connectivity index (χ1) is 11.1. The lowest BCUT2D eigenvalue weighted by molar-refractivity contribution is 0.444. The Bertz CT molecular complexity index is 732. The summed E-state index contributed by atoms with van der Waals surface area (Å²) in [6, 6.07) is 12.8. The number of rotatable bonds is 1. The smallest absolute Gasteiger partial charge is 0.138 e. The molecule has 0 N–H and O–H groups in total. The zero-order valence-electron chi connectivity index (χ0n) is 13.1. The minimum Gasteiger partial charge on any atom is -0.206 e. The zero-order chi connectivity index (χ0) is 16.2. The molecular formula is C20H17B2F. The molecule has 2 aromatic rings. The first-order valence-corrected chi connectivity index (χ1v) is 8.04. The van der Waals surface area contributed by atoms with Crippen LogP contribution in [0.2, 0.25) is 5.82 Å². The predicted octanol–water partition coefficient (Wildman–Crippen LogP) is 3.63. The average molecular weight is 298 g/mol. The fourth-order valence-electron chi connectivity index (χ4n) is 3.06. The quantitative estimate of drug-likeness (QED) is 0.557. The van der Waals surface area contributed by atoms with Crippen molar-refractivity contribution in [2.24, 2.45) is 0 Å². The first-order valence-electron chi connectivity index (χ1n) is 8.04. The average Bonchev–Trinajstić information content (AvgIpc) is 2.55. The molecule has 1 saturated carbocycles. The molecular weight excluding hydrogens is 281 g/mol. The van der Waals surface area contributed by atoms with Gasteiger partial charge in [0.1, 0.15) is 13.7 Å². The molecule has 3 rings (SSSR count). The van der Waals surface area contributed by atoms with Crippen LogP contribution in [0.25, 0.3) is 0 Å². The molecule has 0 spiro atoms. The Morgan fingerprint density at radius 2 is 1.61 bits per heavy atom. The van der Waals surface area contributed by atoms with Crippen LogP contribution in [-0.2, 0) is 0 Å². The Hall–Kier alpha value is -1.94. The molecule has 0 heterocycles. The van der Waals surface area contributed by atoms with Crippen molar-refractivity contribution in [1.29, 1.82) is 0 Å². The van der Waals surface area contributed by atoms with Crippen LogP contribution in [0, 0.1) is 17.7 Å². The number of benzene rings is 2. The summed E-state index contributed by atoms with van der Waals surface area (Å²) in [4.78, 5) is 0. The Morgan fingerprint density at radius 1 is 0.913 bits per heavy atom. The molecule has 1 fully saturated rings. The molecule has 0 aromatic heterocycles. The van der Waals surface area contributed by atoms with Crippen LogP contribution in [0.15, 0.2) is 42.5 Å². The second-order valence-corrected chi connectivity index (χ2v) is 6.22. The van der Waals surface area contributed by atoms with Crippen LogP contribution in [-0.4, -0.2) is 15.7 Å². The lowest BCUT2D eigenvalue weighted by Crippen LogP contribution is -2.09. The Kier molecular flexibility index (Phi) is 4.91. The monoisotopic (exact) mass is 298 g/mol. The molecule has 2 aromatic carbocycles. The largest absolute Gasteiger partial charge is 0.206 e. The standard InChI is InChI=1S/C20H17B2F/c21-18-10-7-16(8-11-18)15-4-1-14(2-5-15)3-6-17-9-12-19(22)13-20(17)23/h1-2,4-5,9,12-13,16,18H,7-8,10-11H2. The Balaban J connectivity index is 1.72. The molecule has 0 nitrogen and oxygen atoms in total. The number of hydrogen-bond donors (Lipinski definition) is 0. The maximum absolute atomic E-state index is 13.7. The summed E-state index contributed by atoms with van der Waals surface area (Å²) in [6.45, 7) is 0. The topological polar surface area (TPSA) is 0 Å². The van der Waals surface area contributed by atoms with E-state index in [-0.39, 0.29) is 5.82 Å². The molecule has 0 amide bonds. The molecule has 1 aliphatic rings. The van der Waals surface area contributed by atoms with Crippen molar-refractivity contribution in [1.82, 2.24) is 0 Å². The third-order valence-electron chi connectivity index (χ3n) is 4.49. The Morgan fingerprint density at radius 3 is 2.26 bits per heavy atom. The van der Waals surface area contributed by atoms with Gasteiger partial charge in [-0.25, -0.2) is 4.39 Å². The van der Waals surface area contributed by atoms with E-state index in [4.69, 9.17) is 15.7 Å². The van der Waals surface area contributed by atoms with E-state index in [0.29, 0.717) is 22.8 Å². The summed E-state index contributed by atoms with van der Waals surface area (Å²) >= 11 is 0. The second kappa shape index (κ2) is 7.09. The van der Waals surface area contributed by atoms with Gasteiger partial charge in [0.2, 0.25) is 0 Å². The van der Waals surface area contributed by atoms with Crippen LogP contribution in [0.3, 0.4) is 0 Å². The summed E-state index contributed by atoms with van der Waals surface area (Å²) in [7, 11) is 11.5. The van der Waals surface area contributed by atoms with Gasteiger partial charge in [0.15, 0.2) is 0 Å². The molecule has 0 bridgehead atoms. The molecule has 3 heteroatoms. The van der Waals surface area contributed by atoms with Gasteiger partial charge in [-0.3, -0.25) is 0 Å². The van der Waals surface area contributed by atoms with Crippen molar-refractivity contribution in [2.75, 3.05) is 0 Å². The molecule has 23 heavy (non-hydrogen) atoms. The minimum absolute atomic E-state index is 0.365. The third-order valence-corrected chi connectivity index (χ3v) is 4.49. The van der Waals surface area contributed by atoms with Gasteiger partial charge >= 0.3 is 0 Å². The van der Waals surface area contributed by atoms with Crippen LogP contribution < -0.4 is 5.46 Å². The fraction of sp³-hybridized carbons (Fsp3) is 0.300. The highest BCUT2D eigenvalue weighted by molar-refractivity contribution is 6.32. The molecule has 0 atom stereocenters. The van der Waals surface area contributed by atoms with E-state index < -0.39 is 0 Å². The van der Waals surface area contributed by atoms with Crippen molar-refractivity contribution in [3.8, 4) is 11.8 Å². The predicted molar refractivity (Wildman–Crippen MR) is 94.9 cm³/mol. The summed E-state index contributed by atoms with van der Waals surface area (Å²) in [5.74, 6) is 6.46. The van der Waals surface area contributed by atoms with E-state index in [2.05, 4.69) is 24.0 Å². The van der Waals surface area contributed by atoms with E-state index in [1.165, 1.54) is 11.6 Å². The van der Waals surface area contributed by atoms with E-state index in [1.54, 1.807) is 12.1 Å². The molecule has 4 radical (unpaired) electrons. The van der Waals surface area contributed by atoms with Crippen molar-refractivity contribution < 1.29 is 4.39 Å². The first kappa shape index (κ1) is 15.9. The van der Waals surface area contributed by atoms with Crippen molar-refractivity contribution in [3.63, 3.8) is 0 Å². The maximum Gasteiger partial charge on any atom is 0.138 e. The normalized spacial score (nSPS) is 20.6. The second-order valence-electron chi connectivity index (χ2n) is 6.22. The van der Waals surface area contributed by atoms with Crippen molar-refractivity contribution in [2.45, 2.75) is 37.4 Å². The van der Waals surface area contributed by atoms with Crippen LogP contribution in [0.4, 0.5) is 4.39 Å². The van der Waals surface area contributed by atoms with Gasteiger partial charge in [0.05, 0.1) is 13.4 Å². The summed E-state index contributed by atoms with van der Waals surface area (Å²) in [5.41, 5.74) is 3.01. The van der Waals surface area contributed by atoms with Crippen LogP contribution >= 0.6 is 0 Å². The van der Waals surface area contributed by atoms with Gasteiger partial charge in [-0.15, -0.1) is 0 Å². The van der Waals surface area contributed by atoms with Gasteiger partial charge in [-0.2, -0.15) is 0 Å². The lowest BCUT2D eigenvalue weighted by atomic mass is 9.70. The molecule has 0 saturated heterocycles. The van der Waals surface area contributed by atoms with E-state index in [0.717, 1.165) is 31.2 Å². The SMILES string of the molecule is [B]c1ccc(C#Cc2ccc(C3CCC([B])CC3)cc2)c(F)c1. The van der Waals surface area contributed by atoms with Gasteiger partial charge < -0.3 is 0 Å². The molecule has 1 aliphatic carbocycles. The summed E-state index contributed by atoms with van der Waals surface area (Å²) in [6.07, 6.45) is 4.51. The van der Waals surface area contributed by atoms with Gasteiger partial charge in [-0.05, 0) is 48.6 Å². The minimum atomic E-state index is -0.382. The molecule has 0 aliphatic heterocycles. The van der Waals surface area contributed by atoms with Crippen LogP contribution in [0.5, 0.6) is 0 Å². The zero-order valence-corrected chi connectivity index (χ0v) is 13.1. The van der Waals surface area contributed by atoms with Gasteiger partial charge in [0.25, 0.3) is 0 Å². The van der Waals surface area contributed by atoms with E-state index in [1.807, 2.05) is 12.1 Å². The van der Waals surface area contributed by atoms with E-state index in [9.17, 15) is 4.39 Å². The van der Waals surface area contributed by atoms with Crippen molar-refractivity contribution >= 4 is 21.2 Å². The molecule has 110 valence electrons. The summed E-state index contributed by atoms with van der Waals surface area (Å²) in [5, 5.41) is 0. The highest BCUT2D eigenvalue weighted by atomic mass is 19.1. The number of hydrogen-bond acceptors (Lipinski definition) is 0. The lowest BCUT2D eigenvalue weighted by Gasteiger charge is -2.26. The third kappa shape index (κ3) is 4.08. The van der Waals surface area contributed by atoms with Gasteiger partial charge in [0, 0.05) is 5.56 Å². The number of halogens is 1.